The summed E-state index contributed by atoms with van der Waals surface area (Å²) < 4.78 is 11.7. The van der Waals surface area contributed by atoms with Crippen LogP contribution < -0.4 is 16.3 Å². The molecule has 0 aromatic carbocycles. The Kier molecular flexibility index (Phi) is 8.01. The molecule has 8 heteroatoms. The molecule has 2 saturated carbocycles. The SMILES string of the molecule is CCc1nc(/C(N)=C(\COC(=O)N(C)CC2CC2)N(C)N)ccc1OC1CCCCC1. The van der Waals surface area contributed by atoms with Crippen molar-refractivity contribution in [2.45, 2.75) is 64.4 Å². The molecular weight excluding hydrogens is 394 g/mol. The first-order valence-electron chi connectivity index (χ1n) is 11.4. The molecule has 0 saturated heterocycles. The fraction of sp³-hybridized carbons (Fsp3) is 0.652. The van der Waals surface area contributed by atoms with Gasteiger partial charge in [0.25, 0.3) is 0 Å². The number of hydrogen-bond acceptors (Lipinski definition) is 7. The number of hydrazine groups is 1. The summed E-state index contributed by atoms with van der Waals surface area (Å²) in [7, 11) is 3.42. The van der Waals surface area contributed by atoms with Gasteiger partial charge in [0.15, 0.2) is 0 Å². The average Bonchev–Trinajstić information content (AvgIpc) is 3.58. The van der Waals surface area contributed by atoms with Crippen LogP contribution in [-0.4, -0.2) is 54.3 Å². The van der Waals surface area contributed by atoms with E-state index < -0.39 is 0 Å². The lowest BCUT2D eigenvalue weighted by Crippen LogP contribution is -2.34. The molecule has 8 nitrogen and oxygen atoms in total. The number of ether oxygens (including phenoxy) is 2. The van der Waals surface area contributed by atoms with E-state index in [1.54, 1.807) is 19.0 Å². The summed E-state index contributed by atoms with van der Waals surface area (Å²) in [4.78, 5) is 18.6. The number of hydrogen-bond donors (Lipinski definition) is 2. The molecule has 2 aliphatic carbocycles. The summed E-state index contributed by atoms with van der Waals surface area (Å²) in [6.07, 6.45) is 8.87. The van der Waals surface area contributed by atoms with E-state index in [-0.39, 0.29) is 18.8 Å². The average molecular weight is 432 g/mol. The van der Waals surface area contributed by atoms with Crippen LogP contribution in [0.15, 0.2) is 17.8 Å². The molecule has 0 unspecified atom stereocenters. The van der Waals surface area contributed by atoms with Crippen molar-refractivity contribution >= 4 is 11.8 Å². The van der Waals surface area contributed by atoms with E-state index in [1.165, 1.54) is 37.1 Å². The van der Waals surface area contributed by atoms with Crippen molar-refractivity contribution in [3.63, 3.8) is 0 Å². The van der Waals surface area contributed by atoms with Crippen LogP contribution in [0, 0.1) is 5.92 Å². The molecule has 1 amide bonds. The molecule has 1 aromatic rings. The van der Waals surface area contributed by atoms with Crippen LogP contribution >= 0.6 is 0 Å². The summed E-state index contributed by atoms with van der Waals surface area (Å²) in [5.41, 5.74) is 8.76. The molecule has 0 aliphatic heterocycles. The molecule has 0 bridgehead atoms. The van der Waals surface area contributed by atoms with Crippen LogP contribution in [0.2, 0.25) is 0 Å². The Morgan fingerprint density at radius 1 is 1.16 bits per heavy atom. The van der Waals surface area contributed by atoms with Gasteiger partial charge in [-0.3, -0.25) is 0 Å². The fourth-order valence-corrected chi connectivity index (χ4v) is 3.88. The number of amides is 1. The van der Waals surface area contributed by atoms with E-state index >= 15 is 0 Å². The molecule has 31 heavy (non-hydrogen) atoms. The van der Waals surface area contributed by atoms with E-state index in [4.69, 9.17) is 26.0 Å². The van der Waals surface area contributed by atoms with Gasteiger partial charge in [-0.15, -0.1) is 0 Å². The monoisotopic (exact) mass is 431 g/mol. The van der Waals surface area contributed by atoms with Gasteiger partial charge >= 0.3 is 6.09 Å². The fourth-order valence-electron chi connectivity index (χ4n) is 3.88. The second-order valence-corrected chi connectivity index (χ2v) is 8.72. The van der Waals surface area contributed by atoms with E-state index in [9.17, 15) is 4.79 Å². The van der Waals surface area contributed by atoms with Crippen molar-refractivity contribution in [1.82, 2.24) is 14.9 Å². The first-order chi connectivity index (χ1) is 14.9. The minimum absolute atomic E-state index is 0.0177. The summed E-state index contributed by atoms with van der Waals surface area (Å²) in [5.74, 6) is 7.41. The van der Waals surface area contributed by atoms with Gasteiger partial charge in [-0.2, -0.15) is 0 Å². The van der Waals surface area contributed by atoms with Crippen LogP contribution in [0.5, 0.6) is 5.75 Å². The Bertz CT molecular complexity index is 785. The Morgan fingerprint density at radius 2 is 1.87 bits per heavy atom. The molecule has 2 aliphatic rings. The summed E-state index contributed by atoms with van der Waals surface area (Å²) in [6.45, 7) is 2.75. The molecule has 1 heterocycles. The first-order valence-corrected chi connectivity index (χ1v) is 11.4. The topological polar surface area (TPSA) is 107 Å². The lowest BCUT2D eigenvalue weighted by Gasteiger charge is -2.24. The van der Waals surface area contributed by atoms with Crippen LogP contribution in [-0.2, 0) is 11.2 Å². The highest BCUT2D eigenvalue weighted by molar-refractivity contribution is 5.68. The summed E-state index contributed by atoms with van der Waals surface area (Å²) in [5, 5.41) is 1.38. The van der Waals surface area contributed by atoms with Crippen molar-refractivity contribution in [3.05, 3.63) is 29.2 Å². The van der Waals surface area contributed by atoms with Crippen LogP contribution in [0.4, 0.5) is 4.79 Å². The number of carbonyl (C=O) groups is 1. The van der Waals surface area contributed by atoms with E-state index in [1.807, 2.05) is 19.1 Å². The highest BCUT2D eigenvalue weighted by atomic mass is 16.6. The Morgan fingerprint density at radius 3 is 2.48 bits per heavy atom. The Labute approximate surface area is 185 Å². The van der Waals surface area contributed by atoms with Crippen molar-refractivity contribution in [3.8, 4) is 5.75 Å². The number of rotatable bonds is 9. The second kappa shape index (κ2) is 10.7. The standard InChI is InChI=1S/C23H37N5O3/c1-4-18-21(31-17-8-6-5-7-9-17)13-12-19(26-18)22(24)20(28(3)25)15-30-23(29)27(2)14-16-10-11-16/h12-13,16-17H,4-11,14-15,24-25H2,1-3H3/b22-20-. The third kappa shape index (κ3) is 6.50. The lowest BCUT2D eigenvalue weighted by molar-refractivity contribution is 0.112. The van der Waals surface area contributed by atoms with Gasteiger partial charge in [0.2, 0.25) is 0 Å². The van der Waals surface area contributed by atoms with Crippen molar-refractivity contribution < 1.29 is 14.3 Å². The molecule has 0 spiro atoms. The number of nitrogens with zero attached hydrogens (tertiary/aromatic N) is 3. The molecular formula is C23H37N5O3. The largest absolute Gasteiger partial charge is 0.489 e. The molecule has 2 fully saturated rings. The predicted molar refractivity (Wildman–Crippen MR) is 121 cm³/mol. The van der Waals surface area contributed by atoms with Gasteiger partial charge in [-0.1, -0.05) is 13.3 Å². The predicted octanol–water partition coefficient (Wildman–Crippen LogP) is 3.27. The number of likely N-dealkylation sites (N-methyl/N-ethyl adjacent to an activating group) is 1. The van der Waals surface area contributed by atoms with Gasteiger partial charge in [0, 0.05) is 20.6 Å². The Balaban J connectivity index is 1.71. The molecule has 0 atom stereocenters. The second-order valence-electron chi connectivity index (χ2n) is 8.72. The zero-order valence-electron chi connectivity index (χ0n) is 19.1. The third-order valence-corrected chi connectivity index (χ3v) is 6.00. The zero-order valence-corrected chi connectivity index (χ0v) is 19.1. The maximum absolute atomic E-state index is 12.3. The smallest absolute Gasteiger partial charge is 0.409 e. The van der Waals surface area contributed by atoms with Gasteiger partial charge in [-0.05, 0) is 63.0 Å². The molecule has 4 N–H and O–H groups in total. The minimum Gasteiger partial charge on any atom is -0.489 e. The number of aryl methyl sites for hydroxylation is 1. The number of aromatic nitrogens is 1. The normalized spacial score (nSPS) is 17.7. The zero-order chi connectivity index (χ0) is 22.4. The van der Waals surface area contributed by atoms with Crippen molar-refractivity contribution in [2.24, 2.45) is 17.5 Å². The lowest BCUT2D eigenvalue weighted by atomic mass is 9.98. The van der Waals surface area contributed by atoms with E-state index in [0.717, 1.165) is 37.3 Å². The van der Waals surface area contributed by atoms with Crippen molar-refractivity contribution in [2.75, 3.05) is 27.2 Å². The maximum atomic E-state index is 12.3. The quantitative estimate of drug-likeness (QED) is 0.456. The first kappa shape index (κ1) is 23.2. The van der Waals surface area contributed by atoms with Gasteiger partial charge in [0.1, 0.15) is 12.4 Å². The number of pyridine rings is 1. The van der Waals surface area contributed by atoms with Crippen molar-refractivity contribution in [1.29, 1.82) is 0 Å². The van der Waals surface area contributed by atoms with Gasteiger partial charge < -0.3 is 25.1 Å². The van der Waals surface area contributed by atoms with Crippen LogP contribution in [0.25, 0.3) is 5.70 Å². The van der Waals surface area contributed by atoms with Gasteiger partial charge in [0.05, 0.1) is 28.9 Å². The Hall–Kier alpha value is -2.48. The maximum Gasteiger partial charge on any atom is 0.409 e. The summed E-state index contributed by atoms with van der Waals surface area (Å²) in [6, 6.07) is 3.78. The van der Waals surface area contributed by atoms with Crippen LogP contribution in [0.3, 0.4) is 0 Å². The number of carbonyl (C=O) groups excluding carboxylic acids is 1. The highest BCUT2D eigenvalue weighted by Crippen LogP contribution is 2.29. The minimum atomic E-state index is -0.377. The number of nitrogens with two attached hydrogens (primary N) is 2. The highest BCUT2D eigenvalue weighted by Gasteiger charge is 2.26. The van der Waals surface area contributed by atoms with Gasteiger partial charge in [-0.25, -0.2) is 15.6 Å². The molecule has 0 radical (unpaired) electrons. The molecule has 3 rings (SSSR count). The van der Waals surface area contributed by atoms with E-state index in [0.29, 0.717) is 23.0 Å². The molecule has 1 aromatic heterocycles. The summed E-state index contributed by atoms with van der Waals surface area (Å²) >= 11 is 0. The molecule has 172 valence electrons. The van der Waals surface area contributed by atoms with Crippen LogP contribution in [0.1, 0.15) is 63.3 Å². The third-order valence-electron chi connectivity index (χ3n) is 6.00. The van der Waals surface area contributed by atoms with E-state index in [2.05, 4.69) is 0 Å².